The van der Waals surface area contributed by atoms with Crippen molar-refractivity contribution in [2.45, 2.75) is 38.3 Å². The third kappa shape index (κ3) is 3.34. The highest BCUT2D eigenvalue weighted by Gasteiger charge is 2.26. The molecule has 0 spiro atoms. The molecule has 0 amide bonds. The van der Waals surface area contributed by atoms with Crippen LogP contribution in [0.3, 0.4) is 0 Å². The molecule has 1 saturated carbocycles. The van der Waals surface area contributed by atoms with Gasteiger partial charge in [-0.3, -0.25) is 4.90 Å². The van der Waals surface area contributed by atoms with Crippen LogP contribution in [0.2, 0.25) is 0 Å². The highest BCUT2D eigenvalue weighted by Crippen LogP contribution is 2.31. The van der Waals surface area contributed by atoms with E-state index in [0.29, 0.717) is 6.04 Å². The number of hydrogen-bond donors (Lipinski definition) is 1. The zero-order valence-electron chi connectivity index (χ0n) is 11.3. The first kappa shape index (κ1) is 14.0. The average molecular weight is 311 g/mol. The topological polar surface area (TPSA) is 29.3 Å². The lowest BCUT2D eigenvalue weighted by Gasteiger charge is -2.37. The van der Waals surface area contributed by atoms with Crippen molar-refractivity contribution in [3.8, 4) is 0 Å². The molecule has 1 aliphatic rings. The predicted octanol–water partition coefficient (Wildman–Crippen LogP) is 3.57. The summed E-state index contributed by atoms with van der Waals surface area (Å²) in [4.78, 5) is 2.43. The molecule has 0 heterocycles. The Bertz CT molecular complexity index is 371. The molecule has 2 nitrogen and oxygen atoms in total. The molecule has 2 N–H and O–H groups in total. The summed E-state index contributed by atoms with van der Waals surface area (Å²) in [6.07, 6.45) is 4.17. The van der Waals surface area contributed by atoms with Gasteiger partial charge in [0.25, 0.3) is 0 Å². The Kier molecular flexibility index (Phi) is 4.82. The summed E-state index contributed by atoms with van der Waals surface area (Å²) in [6, 6.07) is 9.02. The maximum atomic E-state index is 6.19. The first-order valence-corrected chi connectivity index (χ1v) is 7.58. The zero-order chi connectivity index (χ0) is 13.1. The Balaban J connectivity index is 2.08. The van der Waals surface area contributed by atoms with Gasteiger partial charge in [0.2, 0.25) is 0 Å². The minimum absolute atomic E-state index is 0.149. The van der Waals surface area contributed by atoms with Crippen molar-refractivity contribution in [2.75, 3.05) is 13.6 Å². The zero-order valence-corrected chi connectivity index (χ0v) is 12.9. The van der Waals surface area contributed by atoms with E-state index in [9.17, 15) is 0 Å². The molecule has 0 bridgehead atoms. The maximum absolute atomic E-state index is 6.19. The summed E-state index contributed by atoms with van der Waals surface area (Å²) < 4.78 is 1.12. The van der Waals surface area contributed by atoms with E-state index in [1.54, 1.807) is 0 Å². The lowest BCUT2D eigenvalue weighted by Crippen LogP contribution is -2.40. The van der Waals surface area contributed by atoms with Crippen LogP contribution in [-0.2, 0) is 0 Å². The number of halogens is 1. The van der Waals surface area contributed by atoms with Crippen molar-refractivity contribution < 1.29 is 0 Å². The number of likely N-dealkylation sites (N-methyl/N-ethyl adjacent to an activating group) is 1. The van der Waals surface area contributed by atoms with Crippen LogP contribution in [-0.4, -0.2) is 24.5 Å². The molecule has 0 aliphatic heterocycles. The molecule has 0 saturated heterocycles. The molecule has 1 aliphatic carbocycles. The van der Waals surface area contributed by atoms with Gasteiger partial charge in [-0.15, -0.1) is 0 Å². The summed E-state index contributed by atoms with van der Waals surface area (Å²) in [5, 5.41) is 0. The molecule has 1 fully saturated rings. The van der Waals surface area contributed by atoms with Crippen LogP contribution in [0.5, 0.6) is 0 Å². The van der Waals surface area contributed by atoms with Crippen LogP contribution in [0.4, 0.5) is 0 Å². The largest absolute Gasteiger partial charge is 0.326 e. The minimum Gasteiger partial charge on any atom is -0.326 e. The van der Waals surface area contributed by atoms with Gasteiger partial charge in [0.15, 0.2) is 0 Å². The Hall–Kier alpha value is -0.380. The maximum Gasteiger partial charge on any atom is 0.0493 e. The third-order valence-electron chi connectivity index (χ3n) is 3.96. The lowest BCUT2D eigenvalue weighted by atomic mass is 9.84. The van der Waals surface area contributed by atoms with Crippen LogP contribution in [0.1, 0.15) is 37.8 Å². The normalized spacial score (nSPS) is 19.6. The van der Waals surface area contributed by atoms with Crippen LogP contribution >= 0.6 is 15.9 Å². The van der Waals surface area contributed by atoms with Crippen LogP contribution < -0.4 is 5.73 Å². The van der Waals surface area contributed by atoms with Gasteiger partial charge < -0.3 is 5.73 Å². The summed E-state index contributed by atoms with van der Waals surface area (Å²) in [5.74, 6) is 0.881. The van der Waals surface area contributed by atoms with E-state index in [4.69, 9.17) is 5.73 Å². The van der Waals surface area contributed by atoms with E-state index < -0.39 is 0 Å². The lowest BCUT2D eigenvalue weighted by molar-refractivity contribution is 0.149. The monoisotopic (exact) mass is 310 g/mol. The molecule has 0 aromatic heterocycles. The van der Waals surface area contributed by atoms with Gasteiger partial charge in [0.1, 0.15) is 0 Å². The Morgan fingerprint density at radius 2 is 1.94 bits per heavy atom. The highest BCUT2D eigenvalue weighted by atomic mass is 79.9. The minimum atomic E-state index is 0.149. The SMILES string of the molecule is CC(N)C(c1ccc(Br)cc1)N(C)CC1CCC1. The summed E-state index contributed by atoms with van der Waals surface area (Å²) in [5.41, 5.74) is 7.50. The fraction of sp³-hybridized carbons (Fsp3) is 0.600. The number of hydrogen-bond acceptors (Lipinski definition) is 2. The third-order valence-corrected chi connectivity index (χ3v) is 4.48. The average Bonchev–Trinajstić information content (AvgIpc) is 2.26. The van der Waals surface area contributed by atoms with Gasteiger partial charge in [0.05, 0.1) is 0 Å². The fourth-order valence-corrected chi connectivity index (χ4v) is 3.08. The molecule has 100 valence electrons. The van der Waals surface area contributed by atoms with Crippen molar-refractivity contribution in [2.24, 2.45) is 11.7 Å². The molecule has 3 heteroatoms. The number of nitrogens with two attached hydrogens (primary N) is 1. The van der Waals surface area contributed by atoms with Gasteiger partial charge >= 0.3 is 0 Å². The van der Waals surface area contributed by atoms with Crippen molar-refractivity contribution in [1.29, 1.82) is 0 Å². The molecular formula is C15H23BrN2. The molecule has 18 heavy (non-hydrogen) atoms. The van der Waals surface area contributed by atoms with Crippen molar-refractivity contribution in [3.63, 3.8) is 0 Å². The molecule has 2 atom stereocenters. The van der Waals surface area contributed by atoms with Crippen LogP contribution in [0.15, 0.2) is 28.7 Å². The molecule has 1 aromatic rings. The standard InChI is InChI=1S/C15H23BrN2/c1-11(17)15(13-6-8-14(16)9-7-13)18(2)10-12-4-3-5-12/h6-9,11-12,15H,3-5,10,17H2,1-2H3. The van der Waals surface area contributed by atoms with E-state index in [1.165, 1.54) is 31.4 Å². The van der Waals surface area contributed by atoms with Crippen LogP contribution in [0.25, 0.3) is 0 Å². The first-order valence-electron chi connectivity index (χ1n) is 6.79. The smallest absolute Gasteiger partial charge is 0.0493 e. The quantitative estimate of drug-likeness (QED) is 0.901. The first-order chi connectivity index (χ1) is 8.58. The van der Waals surface area contributed by atoms with Gasteiger partial charge in [-0.1, -0.05) is 34.5 Å². The number of rotatable bonds is 5. The van der Waals surface area contributed by atoms with E-state index in [1.807, 2.05) is 0 Å². The Morgan fingerprint density at radius 3 is 2.39 bits per heavy atom. The summed E-state index contributed by atoms with van der Waals surface area (Å²) in [7, 11) is 2.20. The number of benzene rings is 1. The van der Waals surface area contributed by atoms with Gasteiger partial charge in [0, 0.05) is 23.1 Å². The summed E-state index contributed by atoms with van der Waals surface area (Å²) in [6.45, 7) is 3.27. The molecule has 1 aromatic carbocycles. The van der Waals surface area contributed by atoms with E-state index >= 15 is 0 Å². The number of nitrogens with zero attached hydrogens (tertiary/aromatic N) is 1. The van der Waals surface area contributed by atoms with Gasteiger partial charge in [-0.25, -0.2) is 0 Å². The molecule has 0 radical (unpaired) electrons. The van der Waals surface area contributed by atoms with Gasteiger partial charge in [-0.2, -0.15) is 0 Å². The van der Waals surface area contributed by atoms with Gasteiger partial charge in [-0.05, 0) is 50.4 Å². The fourth-order valence-electron chi connectivity index (χ4n) is 2.82. The second kappa shape index (κ2) is 6.18. The molecule has 2 unspecified atom stereocenters. The molecular weight excluding hydrogens is 288 g/mol. The second-order valence-corrected chi connectivity index (χ2v) is 6.51. The van der Waals surface area contributed by atoms with E-state index in [2.05, 4.69) is 59.1 Å². The van der Waals surface area contributed by atoms with Crippen LogP contribution in [0, 0.1) is 5.92 Å². The van der Waals surface area contributed by atoms with E-state index in [-0.39, 0.29) is 6.04 Å². The van der Waals surface area contributed by atoms with Crippen molar-refractivity contribution in [1.82, 2.24) is 4.90 Å². The van der Waals surface area contributed by atoms with E-state index in [0.717, 1.165) is 10.4 Å². The predicted molar refractivity (Wildman–Crippen MR) is 80.5 cm³/mol. The van der Waals surface area contributed by atoms with Crippen molar-refractivity contribution in [3.05, 3.63) is 34.3 Å². The summed E-state index contributed by atoms with van der Waals surface area (Å²) >= 11 is 3.48. The Morgan fingerprint density at radius 1 is 1.33 bits per heavy atom. The highest BCUT2D eigenvalue weighted by molar-refractivity contribution is 9.10. The Labute approximate surface area is 119 Å². The molecule has 2 rings (SSSR count). The van der Waals surface area contributed by atoms with Crippen molar-refractivity contribution >= 4 is 15.9 Å². The second-order valence-electron chi connectivity index (χ2n) is 5.59.